The van der Waals surface area contributed by atoms with Crippen molar-refractivity contribution in [2.45, 2.75) is 31.7 Å². The summed E-state index contributed by atoms with van der Waals surface area (Å²) in [5.74, 6) is -0.498. The number of aliphatic imine (C=N–C) groups is 1. The summed E-state index contributed by atoms with van der Waals surface area (Å²) >= 11 is 0. The number of anilines is 1. The van der Waals surface area contributed by atoms with Gasteiger partial charge < -0.3 is 9.88 Å². The van der Waals surface area contributed by atoms with E-state index >= 15 is 0 Å². The van der Waals surface area contributed by atoms with Crippen LogP contribution < -0.4 is 10.4 Å². The van der Waals surface area contributed by atoms with Gasteiger partial charge in [-0.15, -0.1) is 0 Å². The molecule has 0 saturated heterocycles. The Morgan fingerprint density at radius 1 is 0.972 bits per heavy atom. The lowest BCUT2D eigenvalue weighted by Crippen LogP contribution is -2.39. The van der Waals surface area contributed by atoms with Crippen LogP contribution in [-0.4, -0.2) is 40.3 Å². The Hall–Kier alpha value is -4.23. The monoisotopic (exact) mass is 480 g/mol. The summed E-state index contributed by atoms with van der Waals surface area (Å²) in [4.78, 5) is 35.7. The van der Waals surface area contributed by atoms with Crippen LogP contribution in [0.1, 0.15) is 36.1 Å². The van der Waals surface area contributed by atoms with Gasteiger partial charge in [-0.2, -0.15) is 0 Å². The van der Waals surface area contributed by atoms with Crippen molar-refractivity contribution in [2.75, 3.05) is 11.4 Å². The van der Waals surface area contributed by atoms with Crippen LogP contribution in [0.3, 0.4) is 0 Å². The number of unbranched alkanes of at least 4 members (excludes halogenated alkanes) is 1. The molecule has 1 atom stereocenters. The van der Waals surface area contributed by atoms with Crippen molar-refractivity contribution in [3.8, 4) is 0 Å². The predicted octanol–water partition coefficient (Wildman–Crippen LogP) is 4.64. The molecular formula is C29H28N4O3. The van der Waals surface area contributed by atoms with E-state index in [-0.39, 0.29) is 12.3 Å². The van der Waals surface area contributed by atoms with Crippen molar-refractivity contribution in [2.24, 2.45) is 4.99 Å². The smallest absolute Gasteiger partial charge is 0.252 e. The molecule has 0 spiro atoms. The van der Waals surface area contributed by atoms with E-state index in [1.54, 1.807) is 10.4 Å². The van der Waals surface area contributed by atoms with E-state index in [0.717, 1.165) is 39.1 Å². The van der Waals surface area contributed by atoms with Crippen LogP contribution >= 0.6 is 0 Å². The number of carbonyl (C=O) groups is 2. The number of nitrogens with zero attached hydrogens (tertiary/aromatic N) is 2. The summed E-state index contributed by atoms with van der Waals surface area (Å²) in [6, 6.07) is 27.3. The van der Waals surface area contributed by atoms with Gasteiger partial charge in [0.15, 0.2) is 0 Å². The normalized spacial score (nSPS) is 15.4. The Morgan fingerprint density at radius 2 is 1.72 bits per heavy atom. The fourth-order valence-corrected chi connectivity index (χ4v) is 4.74. The first-order valence-electron chi connectivity index (χ1n) is 12.2. The van der Waals surface area contributed by atoms with E-state index in [4.69, 9.17) is 10.2 Å². The molecule has 3 aromatic carbocycles. The van der Waals surface area contributed by atoms with Gasteiger partial charge in [-0.05, 0) is 36.4 Å². The second-order valence-corrected chi connectivity index (χ2v) is 8.94. The minimum absolute atomic E-state index is 0.0707. The molecule has 0 unspecified atom stereocenters. The summed E-state index contributed by atoms with van der Waals surface area (Å²) in [6.07, 6.45) is 1.82. The maximum atomic E-state index is 14.0. The molecule has 3 N–H and O–H groups in total. The van der Waals surface area contributed by atoms with Crippen molar-refractivity contribution in [3.63, 3.8) is 0 Å². The fourth-order valence-electron chi connectivity index (χ4n) is 4.74. The average molecular weight is 481 g/mol. The quantitative estimate of drug-likeness (QED) is 0.195. The van der Waals surface area contributed by atoms with Crippen LogP contribution in [0.5, 0.6) is 0 Å². The SMILES string of the molecule is O=C(CCCCN1C(=O)[C@H](Cc2cc3ccccc3[nH]2)N=C(c2ccccc2)c2ccccc21)NO. The summed E-state index contributed by atoms with van der Waals surface area (Å²) in [5.41, 5.74) is 7.13. The third kappa shape index (κ3) is 4.92. The van der Waals surface area contributed by atoms with Crippen molar-refractivity contribution in [3.05, 3.63) is 102 Å². The van der Waals surface area contributed by atoms with Crippen molar-refractivity contribution in [1.29, 1.82) is 0 Å². The van der Waals surface area contributed by atoms with E-state index in [2.05, 4.69) is 11.1 Å². The molecule has 5 rings (SSSR count). The molecule has 0 fully saturated rings. The molecule has 182 valence electrons. The van der Waals surface area contributed by atoms with Crippen LogP contribution in [0.2, 0.25) is 0 Å². The van der Waals surface area contributed by atoms with Crippen molar-refractivity contribution in [1.82, 2.24) is 10.5 Å². The molecule has 1 aliphatic rings. The van der Waals surface area contributed by atoms with Gasteiger partial charge in [0, 0.05) is 41.7 Å². The molecule has 0 aliphatic carbocycles. The zero-order valence-electron chi connectivity index (χ0n) is 19.9. The standard InChI is InChI=1S/C29H28N4O3/c34-27(32-36)16-8-9-17-33-26-15-7-5-13-23(26)28(20-10-2-1-3-11-20)31-25(29(33)35)19-22-18-21-12-4-6-14-24(21)30-22/h1-7,10-15,18,25,30,36H,8-9,16-17,19H2,(H,32,34)/t25-/m0/s1. The Kier molecular flexibility index (Phi) is 6.91. The van der Waals surface area contributed by atoms with Crippen molar-refractivity contribution >= 4 is 34.1 Å². The van der Waals surface area contributed by atoms with Crippen LogP contribution in [0.4, 0.5) is 5.69 Å². The highest BCUT2D eigenvalue weighted by Crippen LogP contribution is 2.30. The largest absolute Gasteiger partial charge is 0.358 e. The molecule has 7 nitrogen and oxygen atoms in total. The highest BCUT2D eigenvalue weighted by Gasteiger charge is 2.32. The van der Waals surface area contributed by atoms with E-state index in [9.17, 15) is 9.59 Å². The van der Waals surface area contributed by atoms with E-state index < -0.39 is 11.9 Å². The van der Waals surface area contributed by atoms with Crippen LogP contribution in [0.15, 0.2) is 89.9 Å². The van der Waals surface area contributed by atoms with Crippen LogP contribution in [0, 0.1) is 0 Å². The van der Waals surface area contributed by atoms with E-state index in [0.29, 0.717) is 25.8 Å². The number of H-pyrrole nitrogens is 1. The minimum atomic E-state index is -0.610. The highest BCUT2D eigenvalue weighted by atomic mass is 16.5. The fraction of sp³-hybridized carbons (Fsp3) is 0.207. The van der Waals surface area contributed by atoms with Gasteiger partial charge in [-0.1, -0.05) is 66.7 Å². The number of aromatic amines is 1. The zero-order valence-corrected chi connectivity index (χ0v) is 19.9. The van der Waals surface area contributed by atoms with Gasteiger partial charge in [-0.3, -0.25) is 19.8 Å². The number of carbonyl (C=O) groups excluding carboxylic acids is 2. The van der Waals surface area contributed by atoms with Gasteiger partial charge in [0.1, 0.15) is 6.04 Å². The number of benzodiazepines with no additional fused rings is 1. The molecule has 1 aliphatic heterocycles. The maximum absolute atomic E-state index is 14.0. The lowest BCUT2D eigenvalue weighted by Gasteiger charge is -2.25. The Bertz CT molecular complexity index is 1380. The first kappa shape index (κ1) is 23.5. The highest BCUT2D eigenvalue weighted by molar-refractivity contribution is 6.20. The van der Waals surface area contributed by atoms with Crippen LogP contribution in [-0.2, 0) is 16.0 Å². The molecule has 0 bridgehead atoms. The summed E-state index contributed by atoms with van der Waals surface area (Å²) < 4.78 is 0. The topological polar surface area (TPSA) is 97.8 Å². The number of hydrogen-bond donors (Lipinski definition) is 3. The van der Waals surface area contributed by atoms with Crippen molar-refractivity contribution < 1.29 is 14.8 Å². The van der Waals surface area contributed by atoms with Gasteiger partial charge in [0.05, 0.1) is 11.4 Å². The summed E-state index contributed by atoms with van der Waals surface area (Å²) in [5, 5.41) is 9.87. The zero-order chi connectivity index (χ0) is 24.9. The summed E-state index contributed by atoms with van der Waals surface area (Å²) in [6.45, 7) is 0.454. The number of hydrogen-bond acceptors (Lipinski definition) is 4. The molecule has 36 heavy (non-hydrogen) atoms. The second kappa shape index (κ2) is 10.6. The third-order valence-electron chi connectivity index (χ3n) is 6.49. The second-order valence-electron chi connectivity index (χ2n) is 8.94. The predicted molar refractivity (Wildman–Crippen MR) is 140 cm³/mol. The van der Waals surface area contributed by atoms with Crippen LogP contribution in [0.25, 0.3) is 10.9 Å². The van der Waals surface area contributed by atoms with E-state index in [1.165, 1.54) is 0 Å². The number of amides is 2. The maximum Gasteiger partial charge on any atom is 0.252 e. The number of para-hydroxylation sites is 2. The lowest BCUT2D eigenvalue weighted by atomic mass is 10.00. The molecular weight excluding hydrogens is 452 g/mol. The number of rotatable bonds is 8. The van der Waals surface area contributed by atoms with Gasteiger partial charge in [-0.25, -0.2) is 5.48 Å². The Balaban J connectivity index is 1.52. The minimum Gasteiger partial charge on any atom is -0.358 e. The van der Waals surface area contributed by atoms with E-state index in [1.807, 2.05) is 78.9 Å². The average Bonchev–Trinajstić information content (AvgIpc) is 3.29. The first-order valence-corrected chi connectivity index (χ1v) is 12.2. The molecule has 2 heterocycles. The number of aromatic nitrogens is 1. The molecule has 0 saturated carbocycles. The van der Waals surface area contributed by atoms with Gasteiger partial charge in [0.2, 0.25) is 5.91 Å². The number of fused-ring (bicyclic) bond motifs is 2. The van der Waals surface area contributed by atoms with Gasteiger partial charge in [0.25, 0.3) is 5.91 Å². The third-order valence-corrected chi connectivity index (χ3v) is 6.49. The lowest BCUT2D eigenvalue weighted by molar-refractivity contribution is -0.129. The number of benzene rings is 3. The number of nitrogens with one attached hydrogen (secondary N) is 2. The molecule has 0 radical (unpaired) electrons. The summed E-state index contributed by atoms with van der Waals surface area (Å²) in [7, 11) is 0. The molecule has 4 aromatic rings. The molecule has 7 heteroatoms. The number of hydroxylamine groups is 1. The first-order chi connectivity index (χ1) is 17.6. The Labute approximate surface area is 209 Å². The molecule has 1 aromatic heterocycles. The Morgan fingerprint density at radius 3 is 2.53 bits per heavy atom. The molecule has 2 amide bonds. The van der Waals surface area contributed by atoms with Gasteiger partial charge >= 0.3 is 0 Å².